The summed E-state index contributed by atoms with van der Waals surface area (Å²) >= 11 is 0. The van der Waals surface area contributed by atoms with Crippen molar-refractivity contribution in [1.29, 1.82) is 0 Å². The molecule has 4 N–H and O–H groups in total. The molecule has 1 aliphatic rings. The fraction of sp³-hybridized carbons (Fsp3) is 0.667. The molecule has 6 heteroatoms. The summed E-state index contributed by atoms with van der Waals surface area (Å²) in [6.45, 7) is 7.59. The summed E-state index contributed by atoms with van der Waals surface area (Å²) < 4.78 is 5.40. The van der Waals surface area contributed by atoms with E-state index in [1.54, 1.807) is 0 Å². The molecule has 0 unspecified atom stereocenters. The minimum Gasteiger partial charge on any atom is -0.381 e. The van der Waals surface area contributed by atoms with Gasteiger partial charge in [-0.3, -0.25) is 0 Å². The van der Waals surface area contributed by atoms with Gasteiger partial charge in [0.05, 0.1) is 0 Å². The van der Waals surface area contributed by atoms with Crippen LogP contribution in [0, 0.1) is 13.8 Å². The summed E-state index contributed by atoms with van der Waals surface area (Å²) in [6, 6.07) is 0. The van der Waals surface area contributed by atoms with Crippen molar-refractivity contribution in [2.45, 2.75) is 39.2 Å². The third kappa shape index (κ3) is 2.70. The zero-order chi connectivity index (χ0) is 13.2. The second-order valence-electron chi connectivity index (χ2n) is 5.04. The molecular weight excluding hydrogens is 230 g/mol. The highest BCUT2D eigenvalue weighted by Gasteiger charge is 2.28. The molecule has 0 amide bonds. The number of nitrogens with zero attached hydrogens (tertiary/aromatic N) is 2. The number of nitrogen functional groups attached to an aromatic ring is 1. The Bertz CT molecular complexity index is 429. The molecule has 100 valence electrons. The molecule has 0 aliphatic carbocycles. The standard InChI is InChI=1S/C12H21N5O/c1-8-10(14-9(2)15-11(8)17-13)16-12(3)4-6-18-7-5-12/h4-7,13H2,1-3H3,(H2,14,15,16,17). The lowest BCUT2D eigenvalue weighted by atomic mass is 9.92. The molecule has 1 saturated heterocycles. The zero-order valence-corrected chi connectivity index (χ0v) is 11.2. The van der Waals surface area contributed by atoms with Gasteiger partial charge < -0.3 is 15.5 Å². The highest BCUT2D eigenvalue weighted by molar-refractivity contribution is 5.57. The van der Waals surface area contributed by atoms with E-state index in [-0.39, 0.29) is 5.54 Å². The number of hydrogen-bond donors (Lipinski definition) is 3. The SMILES string of the molecule is Cc1nc(NN)c(C)c(NC2(C)CCOCC2)n1. The van der Waals surface area contributed by atoms with Crippen LogP contribution < -0.4 is 16.6 Å². The lowest BCUT2D eigenvalue weighted by Gasteiger charge is -2.35. The molecule has 0 saturated carbocycles. The largest absolute Gasteiger partial charge is 0.381 e. The summed E-state index contributed by atoms with van der Waals surface area (Å²) in [5, 5.41) is 3.51. The van der Waals surface area contributed by atoms with Gasteiger partial charge in [0.2, 0.25) is 0 Å². The van der Waals surface area contributed by atoms with Gasteiger partial charge in [0.15, 0.2) is 0 Å². The van der Waals surface area contributed by atoms with E-state index < -0.39 is 0 Å². The maximum absolute atomic E-state index is 5.47. The summed E-state index contributed by atoms with van der Waals surface area (Å²) in [5.74, 6) is 7.68. The van der Waals surface area contributed by atoms with Crippen molar-refractivity contribution in [2.24, 2.45) is 5.84 Å². The molecule has 1 aromatic heterocycles. The average molecular weight is 251 g/mol. The third-order valence-corrected chi connectivity index (χ3v) is 3.41. The number of aryl methyl sites for hydroxylation is 1. The van der Waals surface area contributed by atoms with E-state index in [9.17, 15) is 0 Å². The lowest BCUT2D eigenvalue weighted by Crippen LogP contribution is -2.41. The molecule has 0 atom stereocenters. The fourth-order valence-corrected chi connectivity index (χ4v) is 2.12. The van der Waals surface area contributed by atoms with Crippen molar-refractivity contribution in [3.05, 3.63) is 11.4 Å². The van der Waals surface area contributed by atoms with Crippen molar-refractivity contribution in [3.8, 4) is 0 Å². The van der Waals surface area contributed by atoms with E-state index in [2.05, 4.69) is 27.6 Å². The minimum atomic E-state index is 0.0235. The van der Waals surface area contributed by atoms with Gasteiger partial charge in [-0.05, 0) is 33.6 Å². The molecule has 0 radical (unpaired) electrons. The zero-order valence-electron chi connectivity index (χ0n) is 11.2. The molecule has 1 fully saturated rings. The van der Waals surface area contributed by atoms with Gasteiger partial charge >= 0.3 is 0 Å². The smallest absolute Gasteiger partial charge is 0.148 e. The molecule has 6 nitrogen and oxygen atoms in total. The minimum absolute atomic E-state index is 0.0235. The molecular formula is C12H21N5O. The summed E-state index contributed by atoms with van der Waals surface area (Å²) in [6.07, 6.45) is 1.95. The van der Waals surface area contributed by atoms with Gasteiger partial charge in [0.25, 0.3) is 0 Å². The van der Waals surface area contributed by atoms with E-state index in [4.69, 9.17) is 10.6 Å². The van der Waals surface area contributed by atoms with Crippen molar-refractivity contribution in [2.75, 3.05) is 24.0 Å². The van der Waals surface area contributed by atoms with Gasteiger partial charge in [-0.2, -0.15) is 0 Å². The van der Waals surface area contributed by atoms with E-state index in [0.29, 0.717) is 11.6 Å². The van der Waals surface area contributed by atoms with Gasteiger partial charge in [-0.25, -0.2) is 15.8 Å². The summed E-state index contributed by atoms with van der Waals surface area (Å²) in [7, 11) is 0. The predicted octanol–water partition coefficient (Wildman–Crippen LogP) is 1.36. The molecule has 2 rings (SSSR count). The highest BCUT2D eigenvalue weighted by atomic mass is 16.5. The van der Waals surface area contributed by atoms with Gasteiger partial charge in [0, 0.05) is 24.3 Å². The quantitative estimate of drug-likeness (QED) is 0.555. The van der Waals surface area contributed by atoms with Crippen LogP contribution in [0.5, 0.6) is 0 Å². The number of aromatic nitrogens is 2. The first-order chi connectivity index (χ1) is 8.54. The Hall–Kier alpha value is -1.40. The van der Waals surface area contributed by atoms with E-state index in [1.807, 2.05) is 13.8 Å². The van der Waals surface area contributed by atoms with Crippen LogP contribution in [0.4, 0.5) is 11.6 Å². The monoisotopic (exact) mass is 251 g/mol. The molecule has 1 aromatic rings. The van der Waals surface area contributed by atoms with Crippen LogP contribution in [0.1, 0.15) is 31.2 Å². The normalized spacial score (nSPS) is 18.4. The molecule has 0 bridgehead atoms. The van der Waals surface area contributed by atoms with E-state index >= 15 is 0 Å². The molecule has 0 aromatic carbocycles. The van der Waals surface area contributed by atoms with Crippen molar-refractivity contribution < 1.29 is 4.74 Å². The molecule has 2 heterocycles. The number of rotatable bonds is 3. The van der Waals surface area contributed by atoms with E-state index in [0.717, 1.165) is 37.4 Å². The van der Waals surface area contributed by atoms with Crippen LogP contribution >= 0.6 is 0 Å². The average Bonchev–Trinajstić information content (AvgIpc) is 2.34. The second-order valence-corrected chi connectivity index (χ2v) is 5.04. The van der Waals surface area contributed by atoms with Crippen LogP contribution in [0.3, 0.4) is 0 Å². The van der Waals surface area contributed by atoms with Crippen molar-refractivity contribution >= 4 is 11.6 Å². The van der Waals surface area contributed by atoms with Crippen LogP contribution in [-0.4, -0.2) is 28.7 Å². The Kier molecular flexibility index (Phi) is 3.68. The van der Waals surface area contributed by atoms with Gasteiger partial charge in [0.1, 0.15) is 17.5 Å². The Morgan fingerprint density at radius 3 is 2.39 bits per heavy atom. The fourth-order valence-electron chi connectivity index (χ4n) is 2.12. The number of ether oxygens (including phenoxy) is 1. The first-order valence-electron chi connectivity index (χ1n) is 6.22. The van der Waals surface area contributed by atoms with E-state index in [1.165, 1.54) is 0 Å². The van der Waals surface area contributed by atoms with Crippen molar-refractivity contribution in [3.63, 3.8) is 0 Å². The number of hydrazine groups is 1. The molecule has 1 aliphatic heterocycles. The Labute approximate surface area is 107 Å². The topological polar surface area (TPSA) is 85.1 Å². The Balaban J connectivity index is 2.25. The third-order valence-electron chi connectivity index (χ3n) is 3.41. The number of nitrogens with two attached hydrogens (primary N) is 1. The molecule has 18 heavy (non-hydrogen) atoms. The maximum atomic E-state index is 5.47. The van der Waals surface area contributed by atoms with Crippen LogP contribution in [0.15, 0.2) is 0 Å². The lowest BCUT2D eigenvalue weighted by molar-refractivity contribution is 0.0657. The van der Waals surface area contributed by atoms with Crippen LogP contribution in [0.2, 0.25) is 0 Å². The summed E-state index contributed by atoms with van der Waals surface area (Å²) in [5.41, 5.74) is 3.57. The predicted molar refractivity (Wildman–Crippen MR) is 71.4 cm³/mol. The first-order valence-corrected chi connectivity index (χ1v) is 6.22. The Morgan fingerprint density at radius 1 is 1.17 bits per heavy atom. The maximum Gasteiger partial charge on any atom is 0.148 e. The first kappa shape index (κ1) is 13.0. The van der Waals surface area contributed by atoms with Gasteiger partial charge in [-0.15, -0.1) is 0 Å². The summed E-state index contributed by atoms with van der Waals surface area (Å²) in [4.78, 5) is 8.72. The van der Waals surface area contributed by atoms with Crippen LogP contribution in [0.25, 0.3) is 0 Å². The van der Waals surface area contributed by atoms with Crippen molar-refractivity contribution in [1.82, 2.24) is 9.97 Å². The highest BCUT2D eigenvalue weighted by Crippen LogP contribution is 2.28. The van der Waals surface area contributed by atoms with Gasteiger partial charge in [-0.1, -0.05) is 0 Å². The number of anilines is 2. The second kappa shape index (κ2) is 5.07. The number of hydrogen-bond acceptors (Lipinski definition) is 6. The molecule has 0 spiro atoms. The Morgan fingerprint density at radius 2 is 1.78 bits per heavy atom. The van der Waals surface area contributed by atoms with Crippen LogP contribution in [-0.2, 0) is 4.74 Å². The number of nitrogens with one attached hydrogen (secondary N) is 2.